The molecule has 4 nitrogen and oxygen atoms in total. The third-order valence-electron chi connectivity index (χ3n) is 2.45. The summed E-state index contributed by atoms with van der Waals surface area (Å²) in [5.74, 6) is 0. The summed E-state index contributed by atoms with van der Waals surface area (Å²) in [7, 11) is 1.90. The van der Waals surface area contributed by atoms with Crippen LogP contribution in [0.25, 0.3) is 0 Å². The third kappa shape index (κ3) is 3.22. The van der Waals surface area contributed by atoms with Crippen LogP contribution in [0.4, 0.5) is 4.79 Å². The lowest BCUT2D eigenvalue weighted by Crippen LogP contribution is -2.43. The number of likely N-dealkylation sites (tertiary alicyclic amines) is 1. The van der Waals surface area contributed by atoms with E-state index in [0.29, 0.717) is 12.6 Å². The van der Waals surface area contributed by atoms with Gasteiger partial charge in [-0.3, -0.25) is 0 Å². The molecule has 1 heterocycles. The maximum Gasteiger partial charge on any atom is 0.317 e. The summed E-state index contributed by atoms with van der Waals surface area (Å²) >= 11 is 0. The molecule has 0 aromatic heterocycles. The molecule has 0 spiro atoms. The van der Waals surface area contributed by atoms with Gasteiger partial charge in [0.2, 0.25) is 0 Å². The molecule has 1 aliphatic rings. The molecule has 4 heteroatoms. The number of urea groups is 1. The lowest BCUT2D eigenvalue weighted by Gasteiger charge is -2.18. The van der Waals surface area contributed by atoms with E-state index in [-0.39, 0.29) is 6.03 Å². The highest BCUT2D eigenvalue weighted by Crippen LogP contribution is 2.06. The van der Waals surface area contributed by atoms with Crippen LogP contribution < -0.4 is 10.6 Å². The van der Waals surface area contributed by atoms with Gasteiger partial charge in [0.15, 0.2) is 0 Å². The molecule has 0 radical (unpaired) electrons. The van der Waals surface area contributed by atoms with Crippen LogP contribution in [0.1, 0.15) is 19.8 Å². The van der Waals surface area contributed by atoms with Crippen molar-refractivity contribution >= 4 is 6.03 Å². The van der Waals surface area contributed by atoms with Gasteiger partial charge >= 0.3 is 6.03 Å². The van der Waals surface area contributed by atoms with Crippen molar-refractivity contribution in [2.75, 3.05) is 26.7 Å². The number of rotatable bonds is 3. The van der Waals surface area contributed by atoms with E-state index in [1.54, 1.807) is 0 Å². The summed E-state index contributed by atoms with van der Waals surface area (Å²) in [4.78, 5) is 13.3. The maximum atomic E-state index is 11.5. The number of nitrogens with one attached hydrogen (secondary N) is 2. The molecule has 1 unspecified atom stereocenters. The lowest BCUT2D eigenvalue weighted by molar-refractivity contribution is 0.208. The lowest BCUT2D eigenvalue weighted by atomic mass is 10.3. The summed E-state index contributed by atoms with van der Waals surface area (Å²) in [6.45, 7) is 4.58. The minimum absolute atomic E-state index is 0.0830. The standard InChI is InChI=1S/C9H19N3O/c1-8(10-2)7-11-9(13)12-5-3-4-6-12/h8,10H,3-7H2,1-2H3,(H,11,13). The van der Waals surface area contributed by atoms with E-state index in [1.165, 1.54) is 0 Å². The third-order valence-corrected chi connectivity index (χ3v) is 2.45. The van der Waals surface area contributed by atoms with Gasteiger partial charge < -0.3 is 15.5 Å². The monoisotopic (exact) mass is 185 g/mol. The molecule has 0 aromatic carbocycles. The summed E-state index contributed by atoms with van der Waals surface area (Å²) in [6, 6.07) is 0.422. The molecule has 0 bridgehead atoms. The molecule has 0 aliphatic carbocycles. The van der Waals surface area contributed by atoms with Crippen molar-refractivity contribution in [1.29, 1.82) is 0 Å². The van der Waals surface area contributed by atoms with E-state index >= 15 is 0 Å². The van der Waals surface area contributed by atoms with Crippen LogP contribution in [0.2, 0.25) is 0 Å². The molecule has 13 heavy (non-hydrogen) atoms. The first kappa shape index (κ1) is 10.3. The Morgan fingerprint density at radius 2 is 2.08 bits per heavy atom. The van der Waals surface area contributed by atoms with Crippen molar-refractivity contribution in [2.24, 2.45) is 0 Å². The zero-order valence-electron chi connectivity index (χ0n) is 8.47. The Labute approximate surface area is 79.7 Å². The SMILES string of the molecule is CNC(C)CNC(=O)N1CCCC1. The van der Waals surface area contributed by atoms with Gasteiger partial charge in [-0.05, 0) is 26.8 Å². The van der Waals surface area contributed by atoms with Gasteiger partial charge in [0.25, 0.3) is 0 Å². The van der Waals surface area contributed by atoms with E-state index in [4.69, 9.17) is 0 Å². The average Bonchev–Trinajstić information content (AvgIpc) is 2.66. The van der Waals surface area contributed by atoms with Gasteiger partial charge in [-0.2, -0.15) is 0 Å². The zero-order chi connectivity index (χ0) is 9.68. The molecular formula is C9H19N3O. The number of likely N-dealkylation sites (N-methyl/N-ethyl adjacent to an activating group) is 1. The molecule has 1 aliphatic heterocycles. The largest absolute Gasteiger partial charge is 0.336 e. The predicted octanol–water partition coefficient (Wildman–Crippen LogP) is 0.400. The molecule has 1 atom stereocenters. The number of hydrogen-bond acceptors (Lipinski definition) is 2. The smallest absolute Gasteiger partial charge is 0.317 e. The second-order valence-corrected chi connectivity index (χ2v) is 3.57. The average molecular weight is 185 g/mol. The number of carbonyl (C=O) groups excluding carboxylic acids is 1. The number of nitrogens with zero attached hydrogens (tertiary/aromatic N) is 1. The Balaban J connectivity index is 2.16. The van der Waals surface area contributed by atoms with Crippen molar-refractivity contribution < 1.29 is 4.79 Å². The minimum Gasteiger partial charge on any atom is -0.336 e. The molecule has 76 valence electrons. The van der Waals surface area contributed by atoms with E-state index in [1.807, 2.05) is 18.9 Å². The van der Waals surface area contributed by atoms with E-state index in [0.717, 1.165) is 25.9 Å². The number of hydrogen-bond donors (Lipinski definition) is 2. The molecule has 2 amide bonds. The molecule has 1 rings (SSSR count). The Bertz CT molecular complexity index is 166. The Hall–Kier alpha value is -0.770. The van der Waals surface area contributed by atoms with Crippen molar-refractivity contribution in [3.63, 3.8) is 0 Å². The Morgan fingerprint density at radius 1 is 1.46 bits per heavy atom. The van der Waals surface area contributed by atoms with Crippen molar-refractivity contribution in [1.82, 2.24) is 15.5 Å². The fourth-order valence-electron chi connectivity index (χ4n) is 1.37. The second-order valence-electron chi connectivity index (χ2n) is 3.57. The van der Waals surface area contributed by atoms with Crippen molar-refractivity contribution in [3.8, 4) is 0 Å². The van der Waals surface area contributed by atoms with E-state index in [9.17, 15) is 4.79 Å². The first-order valence-corrected chi connectivity index (χ1v) is 4.94. The van der Waals surface area contributed by atoms with Gasteiger partial charge in [-0.25, -0.2) is 4.79 Å². The molecule has 1 saturated heterocycles. The molecule has 2 N–H and O–H groups in total. The maximum absolute atomic E-state index is 11.5. The highest BCUT2D eigenvalue weighted by Gasteiger charge is 2.17. The minimum atomic E-state index is 0.0830. The summed E-state index contributed by atoms with van der Waals surface area (Å²) in [5, 5.41) is 5.98. The van der Waals surface area contributed by atoms with E-state index < -0.39 is 0 Å². The summed E-state index contributed by atoms with van der Waals surface area (Å²) in [6.07, 6.45) is 2.30. The Kier molecular flexibility index (Phi) is 4.02. The van der Waals surface area contributed by atoms with Crippen LogP contribution in [0.15, 0.2) is 0 Å². The predicted molar refractivity (Wildman–Crippen MR) is 52.7 cm³/mol. The summed E-state index contributed by atoms with van der Waals surface area (Å²) in [5.41, 5.74) is 0. The van der Waals surface area contributed by atoms with Gasteiger partial charge in [0.05, 0.1) is 0 Å². The number of amides is 2. The van der Waals surface area contributed by atoms with Gasteiger partial charge in [-0.1, -0.05) is 0 Å². The van der Waals surface area contributed by atoms with Crippen molar-refractivity contribution in [3.05, 3.63) is 0 Å². The van der Waals surface area contributed by atoms with Crippen LogP contribution >= 0.6 is 0 Å². The van der Waals surface area contributed by atoms with Gasteiger partial charge in [0, 0.05) is 25.7 Å². The molecule has 0 saturated carbocycles. The quantitative estimate of drug-likeness (QED) is 0.668. The van der Waals surface area contributed by atoms with Crippen LogP contribution in [0.3, 0.4) is 0 Å². The highest BCUT2D eigenvalue weighted by molar-refractivity contribution is 5.74. The van der Waals surface area contributed by atoms with E-state index in [2.05, 4.69) is 10.6 Å². The van der Waals surface area contributed by atoms with Crippen LogP contribution in [0.5, 0.6) is 0 Å². The Morgan fingerprint density at radius 3 is 2.62 bits per heavy atom. The summed E-state index contributed by atoms with van der Waals surface area (Å²) < 4.78 is 0. The zero-order valence-corrected chi connectivity index (χ0v) is 8.47. The van der Waals surface area contributed by atoms with Gasteiger partial charge in [0.1, 0.15) is 0 Å². The first-order valence-electron chi connectivity index (χ1n) is 4.94. The topological polar surface area (TPSA) is 44.4 Å². The van der Waals surface area contributed by atoms with Crippen molar-refractivity contribution in [2.45, 2.75) is 25.8 Å². The molecular weight excluding hydrogens is 166 g/mol. The van der Waals surface area contributed by atoms with Crippen LogP contribution in [-0.2, 0) is 0 Å². The molecule has 0 aromatic rings. The van der Waals surface area contributed by atoms with Crippen LogP contribution in [-0.4, -0.2) is 43.7 Å². The van der Waals surface area contributed by atoms with Gasteiger partial charge in [-0.15, -0.1) is 0 Å². The second kappa shape index (κ2) is 5.07. The fourth-order valence-corrected chi connectivity index (χ4v) is 1.37. The normalized spacial score (nSPS) is 18.8. The first-order chi connectivity index (χ1) is 6.24. The molecule has 1 fully saturated rings. The van der Waals surface area contributed by atoms with Crippen LogP contribution in [0, 0.1) is 0 Å². The number of carbonyl (C=O) groups is 1. The highest BCUT2D eigenvalue weighted by atomic mass is 16.2. The fraction of sp³-hybridized carbons (Fsp3) is 0.889.